The molecule has 2 heterocycles. The molecule has 0 bridgehead atoms. The van der Waals surface area contributed by atoms with Crippen LogP contribution in [-0.2, 0) is 7.05 Å². The van der Waals surface area contributed by atoms with Crippen molar-refractivity contribution in [3.63, 3.8) is 0 Å². The molecule has 2 aromatic rings. The Morgan fingerprint density at radius 1 is 1.56 bits per heavy atom. The Labute approximate surface area is 92.1 Å². The third-order valence-corrected chi connectivity index (χ3v) is 2.29. The summed E-state index contributed by atoms with van der Waals surface area (Å²) in [5.41, 5.74) is 3.56. The zero-order chi connectivity index (χ0) is 11.5. The molecule has 0 spiro atoms. The quantitative estimate of drug-likeness (QED) is 0.585. The first-order chi connectivity index (χ1) is 7.72. The first kappa shape index (κ1) is 10.7. The summed E-state index contributed by atoms with van der Waals surface area (Å²) in [6, 6.07) is 2.40. The van der Waals surface area contributed by atoms with Crippen molar-refractivity contribution in [2.45, 2.75) is 6.04 Å². The van der Waals surface area contributed by atoms with E-state index in [9.17, 15) is 4.39 Å². The van der Waals surface area contributed by atoms with Gasteiger partial charge in [-0.3, -0.25) is 15.5 Å². The van der Waals surface area contributed by atoms with Gasteiger partial charge in [0.25, 0.3) is 0 Å². The van der Waals surface area contributed by atoms with Crippen molar-refractivity contribution in [1.82, 2.24) is 20.2 Å². The van der Waals surface area contributed by atoms with E-state index < -0.39 is 11.9 Å². The van der Waals surface area contributed by atoms with Gasteiger partial charge in [-0.25, -0.2) is 9.82 Å². The van der Waals surface area contributed by atoms with Crippen LogP contribution in [0.3, 0.4) is 0 Å². The summed E-state index contributed by atoms with van der Waals surface area (Å²) in [4.78, 5) is 3.98. The van der Waals surface area contributed by atoms with Gasteiger partial charge in [0.2, 0.25) is 0 Å². The van der Waals surface area contributed by atoms with Crippen molar-refractivity contribution >= 4 is 0 Å². The van der Waals surface area contributed by atoms with Crippen LogP contribution in [0, 0.1) is 5.82 Å². The highest BCUT2D eigenvalue weighted by Crippen LogP contribution is 2.20. The Morgan fingerprint density at radius 3 is 2.94 bits per heavy atom. The summed E-state index contributed by atoms with van der Waals surface area (Å²) in [7, 11) is 1.78. The van der Waals surface area contributed by atoms with Gasteiger partial charge in [-0.1, -0.05) is 0 Å². The highest BCUT2D eigenvalue weighted by Gasteiger charge is 2.18. The predicted molar refractivity (Wildman–Crippen MR) is 56.6 cm³/mol. The zero-order valence-electron chi connectivity index (χ0n) is 8.76. The minimum atomic E-state index is -0.491. The predicted octanol–water partition coefficient (Wildman–Crippen LogP) is 0.507. The second kappa shape index (κ2) is 4.38. The zero-order valence-corrected chi connectivity index (χ0v) is 8.76. The highest BCUT2D eigenvalue weighted by atomic mass is 19.1. The number of hydrogen-bond acceptors (Lipinski definition) is 4. The second-order valence-corrected chi connectivity index (χ2v) is 3.42. The molecule has 1 unspecified atom stereocenters. The topological polar surface area (TPSA) is 68.8 Å². The van der Waals surface area contributed by atoms with E-state index in [0.717, 1.165) is 5.56 Å². The lowest BCUT2D eigenvalue weighted by atomic mass is 10.1. The fraction of sp³-hybridized carbons (Fsp3) is 0.200. The molecule has 0 aliphatic rings. The SMILES string of the molecule is Cn1cc(C(NN)c2ncccc2F)cn1. The molecule has 3 N–H and O–H groups in total. The molecule has 0 aromatic carbocycles. The smallest absolute Gasteiger partial charge is 0.146 e. The van der Waals surface area contributed by atoms with Gasteiger partial charge in [-0.15, -0.1) is 0 Å². The number of pyridine rings is 1. The van der Waals surface area contributed by atoms with Crippen LogP contribution in [0.1, 0.15) is 17.3 Å². The van der Waals surface area contributed by atoms with Crippen LogP contribution in [0.4, 0.5) is 4.39 Å². The molecule has 0 fully saturated rings. The van der Waals surface area contributed by atoms with Gasteiger partial charge >= 0.3 is 0 Å². The molecule has 2 aromatic heterocycles. The molecule has 0 aliphatic heterocycles. The number of nitrogens with zero attached hydrogens (tertiary/aromatic N) is 3. The van der Waals surface area contributed by atoms with Gasteiger partial charge in [-0.2, -0.15) is 5.10 Å². The van der Waals surface area contributed by atoms with Crippen molar-refractivity contribution < 1.29 is 4.39 Å². The summed E-state index contributed by atoms with van der Waals surface area (Å²) >= 11 is 0. The van der Waals surface area contributed by atoms with Crippen LogP contribution in [0.2, 0.25) is 0 Å². The molecular formula is C10H12FN5. The van der Waals surface area contributed by atoms with E-state index in [1.807, 2.05) is 0 Å². The van der Waals surface area contributed by atoms with Crippen LogP contribution in [0.25, 0.3) is 0 Å². The number of nitrogens with two attached hydrogens (primary N) is 1. The number of hydrazine groups is 1. The fourth-order valence-electron chi connectivity index (χ4n) is 1.53. The highest BCUT2D eigenvalue weighted by molar-refractivity contribution is 5.24. The minimum absolute atomic E-state index is 0.262. The van der Waals surface area contributed by atoms with Crippen LogP contribution in [-0.4, -0.2) is 14.8 Å². The van der Waals surface area contributed by atoms with Crippen molar-refractivity contribution in [3.8, 4) is 0 Å². The first-order valence-electron chi connectivity index (χ1n) is 4.77. The normalized spacial score (nSPS) is 12.7. The number of halogens is 1. The van der Waals surface area contributed by atoms with Crippen LogP contribution < -0.4 is 11.3 Å². The molecule has 0 saturated carbocycles. The van der Waals surface area contributed by atoms with E-state index in [0.29, 0.717) is 0 Å². The maximum Gasteiger partial charge on any atom is 0.146 e. The third-order valence-electron chi connectivity index (χ3n) is 2.29. The summed E-state index contributed by atoms with van der Waals surface area (Å²) in [5.74, 6) is 5.03. The molecule has 1 atom stereocenters. The van der Waals surface area contributed by atoms with Gasteiger partial charge in [0, 0.05) is 25.0 Å². The van der Waals surface area contributed by atoms with E-state index in [4.69, 9.17) is 5.84 Å². The maximum atomic E-state index is 13.5. The van der Waals surface area contributed by atoms with Crippen molar-refractivity contribution in [2.75, 3.05) is 0 Å². The summed E-state index contributed by atoms with van der Waals surface area (Å²) in [6.45, 7) is 0. The van der Waals surface area contributed by atoms with Gasteiger partial charge in [0.15, 0.2) is 0 Å². The fourth-order valence-corrected chi connectivity index (χ4v) is 1.53. The summed E-state index contributed by atoms with van der Waals surface area (Å²) < 4.78 is 15.2. The van der Waals surface area contributed by atoms with Crippen molar-refractivity contribution in [3.05, 3.63) is 47.8 Å². The third kappa shape index (κ3) is 1.93. The van der Waals surface area contributed by atoms with Gasteiger partial charge in [0.05, 0.1) is 17.9 Å². The maximum absolute atomic E-state index is 13.5. The molecular weight excluding hydrogens is 209 g/mol. The Bertz CT molecular complexity index is 482. The van der Waals surface area contributed by atoms with Gasteiger partial charge in [0.1, 0.15) is 5.82 Å². The van der Waals surface area contributed by atoms with Crippen LogP contribution >= 0.6 is 0 Å². The van der Waals surface area contributed by atoms with Crippen LogP contribution in [0.5, 0.6) is 0 Å². The number of rotatable bonds is 3. The van der Waals surface area contributed by atoms with E-state index in [2.05, 4.69) is 15.5 Å². The molecule has 0 amide bonds. The summed E-state index contributed by atoms with van der Waals surface area (Å²) in [5, 5.41) is 4.01. The van der Waals surface area contributed by atoms with E-state index in [-0.39, 0.29) is 5.69 Å². The molecule has 2 rings (SSSR count). The largest absolute Gasteiger partial charge is 0.275 e. The molecule has 84 valence electrons. The Hall–Kier alpha value is -1.79. The molecule has 5 nitrogen and oxygen atoms in total. The Balaban J connectivity index is 2.40. The lowest BCUT2D eigenvalue weighted by Gasteiger charge is -2.13. The molecule has 0 radical (unpaired) electrons. The second-order valence-electron chi connectivity index (χ2n) is 3.42. The van der Waals surface area contributed by atoms with Crippen LogP contribution in [0.15, 0.2) is 30.7 Å². The lowest BCUT2D eigenvalue weighted by Crippen LogP contribution is -2.30. The summed E-state index contributed by atoms with van der Waals surface area (Å²) in [6.07, 6.45) is 4.91. The van der Waals surface area contributed by atoms with E-state index in [1.54, 1.807) is 24.1 Å². The van der Waals surface area contributed by atoms with Crippen molar-refractivity contribution in [1.29, 1.82) is 0 Å². The number of aryl methyl sites for hydroxylation is 1. The Kier molecular flexibility index (Phi) is 2.93. The molecule has 6 heteroatoms. The minimum Gasteiger partial charge on any atom is -0.275 e. The van der Waals surface area contributed by atoms with Crippen molar-refractivity contribution in [2.24, 2.45) is 12.9 Å². The molecule has 0 saturated heterocycles. The number of nitrogens with one attached hydrogen (secondary N) is 1. The standard InChI is InChI=1S/C10H12FN5/c1-16-6-7(5-14-16)9(15-12)10-8(11)3-2-4-13-10/h2-6,9,15H,12H2,1H3. The average Bonchev–Trinajstić information content (AvgIpc) is 2.69. The average molecular weight is 221 g/mol. The van der Waals surface area contributed by atoms with Gasteiger partial charge in [-0.05, 0) is 12.1 Å². The number of aromatic nitrogens is 3. The first-order valence-corrected chi connectivity index (χ1v) is 4.77. The molecule has 16 heavy (non-hydrogen) atoms. The monoisotopic (exact) mass is 221 g/mol. The van der Waals surface area contributed by atoms with E-state index >= 15 is 0 Å². The lowest BCUT2D eigenvalue weighted by molar-refractivity contribution is 0.543. The Morgan fingerprint density at radius 2 is 2.38 bits per heavy atom. The molecule has 0 aliphatic carbocycles. The number of hydrogen-bond donors (Lipinski definition) is 2. The van der Waals surface area contributed by atoms with Gasteiger partial charge < -0.3 is 0 Å². The van der Waals surface area contributed by atoms with E-state index in [1.165, 1.54) is 18.3 Å².